The molecule has 0 unspecified atom stereocenters. The van der Waals surface area contributed by atoms with Gasteiger partial charge in [0.25, 0.3) is 5.91 Å². The van der Waals surface area contributed by atoms with Gasteiger partial charge in [0.2, 0.25) is 5.91 Å². The number of piperidine rings is 1. The number of nitrogens with one attached hydrogen (secondary N) is 2. The van der Waals surface area contributed by atoms with Crippen molar-refractivity contribution in [3.8, 4) is 0 Å². The van der Waals surface area contributed by atoms with Crippen LogP contribution in [-0.2, 0) is 11.3 Å². The third-order valence-electron chi connectivity index (χ3n) is 6.02. The molecule has 0 aromatic heterocycles. The fourth-order valence-corrected chi connectivity index (χ4v) is 4.81. The van der Waals surface area contributed by atoms with Crippen LogP contribution in [0.1, 0.15) is 41.6 Å². The van der Waals surface area contributed by atoms with Gasteiger partial charge in [0.15, 0.2) is 0 Å². The SMILES string of the molecule is O=C(CNC(=O)c1cccc(Cl)c1)N[C@H]1C[C@H]2CC[C@@H](C1)N2Cc1ccc(F)cc1. The smallest absolute Gasteiger partial charge is 0.251 e. The number of carbonyl (C=O) groups is 2. The fraction of sp³-hybridized carbons (Fsp3) is 0.391. The van der Waals surface area contributed by atoms with E-state index in [-0.39, 0.29) is 30.2 Å². The molecule has 158 valence electrons. The quantitative estimate of drug-likeness (QED) is 0.738. The van der Waals surface area contributed by atoms with Gasteiger partial charge in [-0.1, -0.05) is 29.8 Å². The van der Waals surface area contributed by atoms with Crippen LogP contribution in [-0.4, -0.2) is 41.4 Å². The number of benzene rings is 2. The summed E-state index contributed by atoms with van der Waals surface area (Å²) in [5.41, 5.74) is 1.54. The van der Waals surface area contributed by atoms with Gasteiger partial charge in [-0.2, -0.15) is 0 Å². The second-order valence-electron chi connectivity index (χ2n) is 8.11. The lowest BCUT2D eigenvalue weighted by molar-refractivity contribution is -0.121. The molecule has 2 aliphatic rings. The maximum Gasteiger partial charge on any atom is 0.251 e. The third-order valence-corrected chi connectivity index (χ3v) is 6.26. The van der Waals surface area contributed by atoms with Gasteiger partial charge < -0.3 is 10.6 Å². The zero-order valence-corrected chi connectivity index (χ0v) is 17.4. The van der Waals surface area contributed by atoms with E-state index < -0.39 is 0 Å². The first-order valence-electron chi connectivity index (χ1n) is 10.3. The Hall–Kier alpha value is -2.44. The average Bonchev–Trinajstić information content (AvgIpc) is 2.95. The highest BCUT2D eigenvalue weighted by Gasteiger charge is 2.40. The van der Waals surface area contributed by atoms with E-state index in [1.54, 1.807) is 24.3 Å². The minimum absolute atomic E-state index is 0.0591. The maximum absolute atomic E-state index is 13.1. The van der Waals surface area contributed by atoms with Gasteiger partial charge >= 0.3 is 0 Å². The highest BCUT2D eigenvalue weighted by atomic mass is 35.5. The van der Waals surface area contributed by atoms with Crippen LogP contribution in [0.4, 0.5) is 4.39 Å². The molecule has 3 atom stereocenters. The predicted molar refractivity (Wildman–Crippen MR) is 114 cm³/mol. The van der Waals surface area contributed by atoms with Crippen LogP contribution in [0.25, 0.3) is 0 Å². The van der Waals surface area contributed by atoms with E-state index in [0.29, 0.717) is 22.7 Å². The van der Waals surface area contributed by atoms with Crippen LogP contribution >= 0.6 is 11.6 Å². The lowest BCUT2D eigenvalue weighted by Gasteiger charge is -2.39. The van der Waals surface area contributed by atoms with E-state index in [9.17, 15) is 14.0 Å². The average molecular weight is 430 g/mol. The van der Waals surface area contributed by atoms with Crippen molar-refractivity contribution in [2.24, 2.45) is 0 Å². The standard InChI is InChI=1S/C23H25ClFN3O2/c24-17-3-1-2-16(10-17)23(30)26-13-22(29)27-19-11-20-8-9-21(12-19)28(20)14-15-4-6-18(25)7-5-15/h1-7,10,19-21H,8-9,11-14H2,(H,26,30)(H,27,29)/t19-,20+,21-. The van der Waals surface area contributed by atoms with Crippen LogP contribution in [0.2, 0.25) is 5.02 Å². The van der Waals surface area contributed by atoms with Gasteiger partial charge in [-0.05, 0) is 61.6 Å². The Bertz CT molecular complexity index is 907. The zero-order valence-electron chi connectivity index (χ0n) is 16.6. The molecule has 2 aliphatic heterocycles. The molecule has 0 saturated carbocycles. The number of hydrogen-bond donors (Lipinski definition) is 2. The molecule has 2 bridgehead atoms. The van der Waals surface area contributed by atoms with Crippen molar-refractivity contribution in [3.63, 3.8) is 0 Å². The molecule has 2 heterocycles. The minimum atomic E-state index is -0.318. The first-order chi connectivity index (χ1) is 14.5. The molecule has 4 rings (SSSR count). The van der Waals surface area contributed by atoms with Gasteiger partial charge in [-0.15, -0.1) is 0 Å². The van der Waals surface area contributed by atoms with Crippen molar-refractivity contribution in [3.05, 3.63) is 70.5 Å². The first kappa shape index (κ1) is 20.8. The van der Waals surface area contributed by atoms with Gasteiger partial charge in [0.1, 0.15) is 5.82 Å². The summed E-state index contributed by atoms with van der Waals surface area (Å²) in [4.78, 5) is 27.0. The summed E-state index contributed by atoms with van der Waals surface area (Å²) in [5.74, 6) is -0.714. The molecule has 0 aliphatic carbocycles. The second kappa shape index (κ2) is 9.14. The van der Waals surface area contributed by atoms with E-state index in [4.69, 9.17) is 11.6 Å². The molecule has 2 aromatic carbocycles. The Kier molecular flexibility index (Phi) is 6.35. The van der Waals surface area contributed by atoms with Crippen molar-refractivity contribution in [1.29, 1.82) is 0 Å². The first-order valence-corrected chi connectivity index (χ1v) is 10.7. The summed E-state index contributed by atoms with van der Waals surface area (Å²) >= 11 is 5.90. The summed E-state index contributed by atoms with van der Waals surface area (Å²) in [5, 5.41) is 6.20. The largest absolute Gasteiger partial charge is 0.352 e. The van der Waals surface area contributed by atoms with E-state index in [1.807, 2.05) is 12.1 Å². The zero-order chi connectivity index (χ0) is 21.1. The Morgan fingerprint density at radius 2 is 1.77 bits per heavy atom. The number of nitrogens with zero attached hydrogens (tertiary/aromatic N) is 1. The minimum Gasteiger partial charge on any atom is -0.352 e. The van der Waals surface area contributed by atoms with Crippen molar-refractivity contribution in [2.75, 3.05) is 6.54 Å². The Balaban J connectivity index is 1.26. The molecule has 2 saturated heterocycles. The van der Waals surface area contributed by atoms with Crippen molar-refractivity contribution >= 4 is 23.4 Å². The van der Waals surface area contributed by atoms with Crippen LogP contribution in [0.5, 0.6) is 0 Å². The summed E-state index contributed by atoms with van der Waals surface area (Å²) in [6, 6.07) is 14.3. The lowest BCUT2D eigenvalue weighted by atomic mass is 9.96. The van der Waals surface area contributed by atoms with Gasteiger partial charge in [-0.25, -0.2) is 4.39 Å². The summed E-state index contributed by atoms with van der Waals surface area (Å²) in [7, 11) is 0. The lowest BCUT2D eigenvalue weighted by Crippen LogP contribution is -2.51. The van der Waals surface area contributed by atoms with Crippen LogP contribution in [0.15, 0.2) is 48.5 Å². The summed E-state index contributed by atoms with van der Waals surface area (Å²) < 4.78 is 13.1. The molecule has 0 radical (unpaired) electrons. The maximum atomic E-state index is 13.1. The number of hydrogen-bond acceptors (Lipinski definition) is 3. The molecular formula is C23H25ClFN3O2. The van der Waals surface area contributed by atoms with Crippen LogP contribution < -0.4 is 10.6 Å². The van der Waals surface area contributed by atoms with Gasteiger partial charge in [-0.3, -0.25) is 14.5 Å². The fourth-order valence-electron chi connectivity index (χ4n) is 4.62. The normalized spacial score (nSPS) is 23.2. The summed E-state index contributed by atoms with van der Waals surface area (Å²) in [6.07, 6.45) is 4.02. The highest BCUT2D eigenvalue weighted by molar-refractivity contribution is 6.30. The molecule has 2 N–H and O–H groups in total. The molecule has 5 nitrogen and oxygen atoms in total. The Morgan fingerprint density at radius 3 is 2.43 bits per heavy atom. The number of rotatable bonds is 6. The predicted octanol–water partition coefficient (Wildman–Crippen LogP) is 3.52. The molecule has 2 amide bonds. The highest BCUT2D eigenvalue weighted by Crippen LogP contribution is 2.36. The molecule has 30 heavy (non-hydrogen) atoms. The molecule has 7 heteroatoms. The monoisotopic (exact) mass is 429 g/mol. The van der Waals surface area contributed by atoms with Crippen molar-refractivity contribution in [2.45, 2.75) is 50.4 Å². The van der Waals surface area contributed by atoms with Gasteiger partial charge in [0.05, 0.1) is 6.54 Å². The van der Waals surface area contributed by atoms with E-state index in [1.165, 1.54) is 12.1 Å². The number of halogens is 2. The van der Waals surface area contributed by atoms with Crippen molar-refractivity contribution < 1.29 is 14.0 Å². The van der Waals surface area contributed by atoms with E-state index >= 15 is 0 Å². The molecular weight excluding hydrogens is 405 g/mol. The molecule has 2 aromatic rings. The Morgan fingerprint density at radius 1 is 1.07 bits per heavy atom. The van der Waals surface area contributed by atoms with E-state index in [0.717, 1.165) is 37.8 Å². The van der Waals surface area contributed by atoms with Crippen molar-refractivity contribution in [1.82, 2.24) is 15.5 Å². The number of amides is 2. The Labute approximate surface area is 180 Å². The van der Waals surface area contributed by atoms with Crippen LogP contribution in [0, 0.1) is 5.82 Å². The molecule has 0 spiro atoms. The summed E-state index contributed by atoms with van der Waals surface area (Å²) in [6.45, 7) is 0.752. The van der Waals surface area contributed by atoms with Crippen LogP contribution in [0.3, 0.4) is 0 Å². The van der Waals surface area contributed by atoms with Gasteiger partial charge in [0, 0.05) is 35.3 Å². The number of carbonyl (C=O) groups excluding carboxylic acids is 2. The number of fused-ring (bicyclic) bond motifs is 2. The third kappa shape index (κ3) is 4.99. The van der Waals surface area contributed by atoms with E-state index in [2.05, 4.69) is 15.5 Å². The molecule has 2 fully saturated rings. The second-order valence-corrected chi connectivity index (χ2v) is 8.55. The topological polar surface area (TPSA) is 61.4 Å².